The first-order valence-electron chi connectivity index (χ1n) is 2.53. The monoisotopic (exact) mass is 134 g/mol. The second-order valence-electron chi connectivity index (χ2n) is 2.18. The van der Waals surface area contributed by atoms with Gasteiger partial charge in [-0.2, -0.15) is 0 Å². The van der Waals surface area contributed by atoms with Crippen molar-refractivity contribution in [2.45, 2.75) is 6.92 Å². The topological polar surface area (TPSA) is 72.8 Å². The van der Waals surface area contributed by atoms with Gasteiger partial charge in [0.15, 0.2) is 0 Å². The van der Waals surface area contributed by atoms with Gasteiger partial charge in [0.2, 0.25) is 0 Å². The van der Waals surface area contributed by atoms with Gasteiger partial charge in [0.05, 0.1) is 0 Å². The summed E-state index contributed by atoms with van der Waals surface area (Å²) in [5.41, 5.74) is -0.915. The van der Waals surface area contributed by atoms with Crippen LogP contribution in [0.25, 0.3) is 0 Å². The standard InChI is InChI=1S/C5H11O4/c1-5(2-6,3-7)4-9-8/h4,6-8H,2-3H2,1H3/q-1/p-1. The highest BCUT2D eigenvalue weighted by molar-refractivity contribution is 4.79. The van der Waals surface area contributed by atoms with Crippen molar-refractivity contribution in [3.63, 3.8) is 0 Å². The minimum absolute atomic E-state index is 0.300. The lowest BCUT2D eigenvalue weighted by molar-refractivity contribution is -0.679. The predicted molar refractivity (Wildman–Crippen MR) is 27.7 cm³/mol. The van der Waals surface area contributed by atoms with Crippen molar-refractivity contribution in [3.05, 3.63) is 6.61 Å². The van der Waals surface area contributed by atoms with Crippen molar-refractivity contribution < 1.29 is 20.4 Å². The summed E-state index contributed by atoms with van der Waals surface area (Å²) in [6.45, 7) is 1.77. The van der Waals surface area contributed by atoms with Gasteiger partial charge in [-0.25, -0.2) is 6.61 Å². The summed E-state index contributed by atoms with van der Waals surface area (Å²) in [4.78, 5) is 3.39. The average Bonchev–Trinajstić information content (AvgIpc) is 1.89. The van der Waals surface area contributed by atoms with Crippen LogP contribution in [0.3, 0.4) is 0 Å². The van der Waals surface area contributed by atoms with Gasteiger partial charge < -0.3 is 20.4 Å². The van der Waals surface area contributed by atoms with Gasteiger partial charge in [0.25, 0.3) is 0 Å². The lowest BCUT2D eigenvalue weighted by Gasteiger charge is -2.37. The van der Waals surface area contributed by atoms with Crippen LogP contribution in [-0.4, -0.2) is 23.4 Å². The molecule has 0 saturated carbocycles. The van der Waals surface area contributed by atoms with Crippen molar-refractivity contribution >= 4 is 0 Å². The quantitative estimate of drug-likeness (QED) is 0.277. The first kappa shape index (κ1) is 8.84. The summed E-state index contributed by atoms with van der Waals surface area (Å²) < 4.78 is 0. The molecule has 0 bridgehead atoms. The number of aliphatic hydroxyl groups excluding tert-OH is 2. The zero-order valence-electron chi connectivity index (χ0n) is 5.20. The summed E-state index contributed by atoms with van der Waals surface area (Å²) in [6, 6.07) is 0. The third-order valence-electron chi connectivity index (χ3n) is 1.06. The van der Waals surface area contributed by atoms with Gasteiger partial charge in [-0.15, -0.1) is 0 Å². The van der Waals surface area contributed by atoms with E-state index in [2.05, 4.69) is 4.89 Å². The number of aliphatic hydroxyl groups is 2. The Labute approximate surface area is 53.6 Å². The second kappa shape index (κ2) is 3.79. The molecular weight excluding hydrogens is 124 g/mol. The van der Waals surface area contributed by atoms with Crippen molar-refractivity contribution in [2.75, 3.05) is 13.2 Å². The lowest BCUT2D eigenvalue weighted by Crippen LogP contribution is -2.29. The van der Waals surface area contributed by atoms with Crippen LogP contribution in [-0.2, 0) is 4.89 Å². The van der Waals surface area contributed by atoms with Gasteiger partial charge in [-0.05, 0) is 0 Å². The summed E-state index contributed by atoms with van der Waals surface area (Å²) in [7, 11) is 0. The SMILES string of the molecule is CC([CH-]O[O-])(CO)CO. The Morgan fingerprint density at radius 3 is 2.11 bits per heavy atom. The molecule has 0 aromatic rings. The largest absolute Gasteiger partial charge is 0.759 e. The molecule has 0 fully saturated rings. The Hall–Kier alpha value is -0.160. The first-order valence-corrected chi connectivity index (χ1v) is 2.53. The van der Waals surface area contributed by atoms with Crippen molar-refractivity contribution in [1.29, 1.82) is 0 Å². The van der Waals surface area contributed by atoms with Crippen LogP contribution in [0.5, 0.6) is 0 Å². The van der Waals surface area contributed by atoms with Crippen LogP contribution in [0.15, 0.2) is 0 Å². The average molecular weight is 134 g/mol. The summed E-state index contributed by atoms with van der Waals surface area (Å²) in [6.07, 6.45) is 0. The molecule has 56 valence electrons. The van der Waals surface area contributed by atoms with E-state index in [0.29, 0.717) is 0 Å². The fourth-order valence-corrected chi connectivity index (χ4v) is 0.241. The van der Waals surface area contributed by atoms with E-state index < -0.39 is 5.41 Å². The molecular formula is C5H10O4-2. The lowest BCUT2D eigenvalue weighted by atomic mass is 9.95. The van der Waals surface area contributed by atoms with Crippen molar-refractivity contribution in [2.24, 2.45) is 5.41 Å². The van der Waals surface area contributed by atoms with E-state index in [1.165, 1.54) is 6.92 Å². The molecule has 0 aliphatic carbocycles. The Morgan fingerprint density at radius 2 is 2.00 bits per heavy atom. The van der Waals surface area contributed by atoms with Crippen LogP contribution in [0.2, 0.25) is 0 Å². The number of hydrogen-bond acceptors (Lipinski definition) is 4. The molecule has 0 aliphatic rings. The van der Waals surface area contributed by atoms with E-state index in [1.807, 2.05) is 0 Å². The highest BCUT2D eigenvalue weighted by Crippen LogP contribution is 2.16. The Balaban J connectivity index is 3.62. The minimum Gasteiger partial charge on any atom is -0.759 e. The molecule has 0 atom stereocenters. The van der Waals surface area contributed by atoms with Crippen LogP contribution in [0.1, 0.15) is 6.92 Å². The first-order chi connectivity index (χ1) is 4.18. The molecule has 9 heavy (non-hydrogen) atoms. The maximum absolute atomic E-state index is 9.49. The summed E-state index contributed by atoms with van der Waals surface area (Å²) in [5.74, 6) is 0. The van der Waals surface area contributed by atoms with Gasteiger partial charge >= 0.3 is 0 Å². The van der Waals surface area contributed by atoms with Gasteiger partial charge in [0, 0.05) is 13.2 Å². The molecule has 0 aliphatic heterocycles. The molecule has 0 radical (unpaired) electrons. The molecule has 0 amide bonds. The van der Waals surface area contributed by atoms with E-state index in [1.54, 1.807) is 0 Å². The smallest absolute Gasteiger partial charge is 0.0252 e. The summed E-state index contributed by atoms with van der Waals surface area (Å²) >= 11 is 0. The molecule has 0 spiro atoms. The van der Waals surface area contributed by atoms with Crippen molar-refractivity contribution in [3.8, 4) is 0 Å². The highest BCUT2D eigenvalue weighted by Gasteiger charge is 2.10. The maximum Gasteiger partial charge on any atom is 0.0252 e. The molecule has 0 aromatic heterocycles. The minimum atomic E-state index is -0.915. The number of hydrogen-bond donors (Lipinski definition) is 2. The highest BCUT2D eigenvalue weighted by atomic mass is 17.1. The van der Waals surface area contributed by atoms with E-state index >= 15 is 0 Å². The van der Waals surface area contributed by atoms with E-state index in [-0.39, 0.29) is 13.2 Å². The maximum atomic E-state index is 9.49. The molecule has 4 nitrogen and oxygen atoms in total. The molecule has 2 N–H and O–H groups in total. The van der Waals surface area contributed by atoms with Gasteiger partial charge in [0.1, 0.15) is 0 Å². The Morgan fingerprint density at radius 1 is 1.56 bits per heavy atom. The molecule has 0 heterocycles. The van der Waals surface area contributed by atoms with Crippen molar-refractivity contribution in [1.82, 2.24) is 0 Å². The van der Waals surface area contributed by atoms with Gasteiger partial charge in [-0.3, -0.25) is 0 Å². The predicted octanol–water partition coefficient (Wildman–Crippen LogP) is -1.57. The Kier molecular flexibility index (Phi) is 3.72. The van der Waals surface area contributed by atoms with E-state index in [4.69, 9.17) is 10.2 Å². The molecule has 4 heteroatoms. The zero-order valence-corrected chi connectivity index (χ0v) is 5.20. The van der Waals surface area contributed by atoms with E-state index in [9.17, 15) is 5.26 Å². The van der Waals surface area contributed by atoms with E-state index in [0.717, 1.165) is 6.61 Å². The molecule has 0 aromatic carbocycles. The zero-order chi connectivity index (χ0) is 7.33. The van der Waals surface area contributed by atoms with Crippen LogP contribution >= 0.6 is 0 Å². The second-order valence-corrected chi connectivity index (χ2v) is 2.18. The third kappa shape index (κ3) is 2.76. The van der Waals surface area contributed by atoms with Crippen LogP contribution in [0.4, 0.5) is 0 Å². The Bertz CT molecular complexity index is 69.4. The molecule has 0 unspecified atom stereocenters. The fourth-order valence-electron chi connectivity index (χ4n) is 0.241. The van der Waals surface area contributed by atoms with Gasteiger partial charge in [-0.1, -0.05) is 12.3 Å². The normalized spacial score (nSPS) is 12.0. The number of rotatable bonds is 4. The molecule has 0 saturated heterocycles. The van der Waals surface area contributed by atoms with Crippen LogP contribution in [0, 0.1) is 12.0 Å². The summed E-state index contributed by atoms with van der Waals surface area (Å²) in [5, 5.41) is 26.5. The molecule has 0 rings (SSSR count). The fraction of sp³-hybridized carbons (Fsp3) is 0.800. The third-order valence-corrected chi connectivity index (χ3v) is 1.06. The van der Waals surface area contributed by atoms with Crippen LogP contribution < -0.4 is 5.26 Å².